The predicted molar refractivity (Wildman–Crippen MR) is 63.9 cm³/mol. The average Bonchev–Trinajstić information content (AvgIpc) is 2.74. The lowest BCUT2D eigenvalue weighted by Gasteiger charge is -2.05. The minimum Gasteiger partial charge on any atom is -0.460 e. The molecule has 0 saturated heterocycles. The van der Waals surface area contributed by atoms with Gasteiger partial charge in [0.1, 0.15) is 6.61 Å². The van der Waals surface area contributed by atoms with Crippen LogP contribution < -0.4 is 5.56 Å². The quantitative estimate of drug-likeness (QED) is 0.618. The Balaban J connectivity index is 2.09. The van der Waals surface area contributed by atoms with E-state index in [0.717, 1.165) is 0 Å². The van der Waals surface area contributed by atoms with Crippen molar-refractivity contribution in [3.8, 4) is 0 Å². The number of hydrogen-bond acceptors (Lipinski definition) is 5. The summed E-state index contributed by atoms with van der Waals surface area (Å²) in [5, 5.41) is 0. The molecule has 2 aromatic heterocycles. The number of aromatic nitrogens is 4. The largest absolute Gasteiger partial charge is 0.460 e. The lowest BCUT2D eigenvalue weighted by Crippen LogP contribution is -2.12. The van der Waals surface area contributed by atoms with Crippen LogP contribution in [0.3, 0.4) is 0 Å². The van der Waals surface area contributed by atoms with E-state index in [1.807, 2.05) is 0 Å². The Hall–Kier alpha value is -2.44. The highest BCUT2D eigenvalue weighted by Crippen LogP contribution is 2.03. The molecule has 2 heterocycles. The van der Waals surface area contributed by atoms with E-state index in [1.165, 1.54) is 12.7 Å². The zero-order valence-electron chi connectivity index (χ0n) is 9.84. The fourth-order valence-corrected chi connectivity index (χ4v) is 1.42. The van der Waals surface area contributed by atoms with Crippen LogP contribution in [0.15, 0.2) is 29.6 Å². The highest BCUT2D eigenvalue weighted by molar-refractivity contribution is 5.86. The number of esters is 1. The number of rotatable bonds is 4. The van der Waals surface area contributed by atoms with Gasteiger partial charge in [0.05, 0.1) is 19.2 Å². The third-order valence-corrected chi connectivity index (χ3v) is 2.32. The van der Waals surface area contributed by atoms with Crippen molar-refractivity contribution < 1.29 is 9.53 Å². The molecule has 7 heteroatoms. The molecular weight excluding hydrogens is 236 g/mol. The summed E-state index contributed by atoms with van der Waals surface area (Å²) in [5.41, 5.74) is 0.784. The van der Waals surface area contributed by atoms with Crippen molar-refractivity contribution in [2.24, 2.45) is 0 Å². The number of nitrogens with one attached hydrogen (secondary N) is 1. The normalized spacial score (nSPS) is 10.5. The monoisotopic (exact) mass is 248 g/mol. The molecule has 0 atom stereocenters. The molecule has 0 aliphatic heterocycles. The van der Waals surface area contributed by atoms with E-state index in [2.05, 4.69) is 21.5 Å². The number of carbonyl (C=O) groups excluding carboxylic acids is 1. The molecule has 0 amide bonds. The number of imidazole rings is 1. The lowest BCUT2D eigenvalue weighted by atomic mass is 10.4. The van der Waals surface area contributed by atoms with Crippen molar-refractivity contribution in [1.82, 2.24) is 19.5 Å². The Labute approximate surface area is 102 Å². The molecule has 7 nitrogen and oxygen atoms in total. The molecule has 2 rings (SSSR count). The summed E-state index contributed by atoms with van der Waals surface area (Å²) in [6.07, 6.45) is 2.80. The van der Waals surface area contributed by atoms with Crippen molar-refractivity contribution in [2.45, 2.75) is 13.5 Å². The molecular formula is C11H12N4O3. The summed E-state index contributed by atoms with van der Waals surface area (Å²) >= 11 is 0. The number of carbonyl (C=O) groups is 1. The summed E-state index contributed by atoms with van der Waals surface area (Å²) in [6.45, 7) is 5.61. The highest BCUT2D eigenvalue weighted by atomic mass is 16.5. The summed E-state index contributed by atoms with van der Waals surface area (Å²) in [7, 11) is 0. The molecule has 18 heavy (non-hydrogen) atoms. The second kappa shape index (κ2) is 4.82. The Bertz CT molecular complexity index is 656. The topological polar surface area (TPSA) is 89.9 Å². The van der Waals surface area contributed by atoms with Gasteiger partial charge in [0.15, 0.2) is 11.2 Å². The van der Waals surface area contributed by atoms with Gasteiger partial charge in [-0.3, -0.25) is 4.79 Å². The number of ether oxygens (including phenoxy) is 1. The van der Waals surface area contributed by atoms with Crippen molar-refractivity contribution in [3.63, 3.8) is 0 Å². The number of hydrogen-bond donors (Lipinski definition) is 1. The maximum absolute atomic E-state index is 11.4. The summed E-state index contributed by atoms with van der Waals surface area (Å²) in [4.78, 5) is 33.0. The van der Waals surface area contributed by atoms with Crippen molar-refractivity contribution in [3.05, 3.63) is 35.2 Å². The molecule has 0 unspecified atom stereocenters. The SMILES string of the molecule is C=C(C)C(=O)OCCn1cnc2c(=O)[nH]cnc21. The number of aromatic amines is 1. The fourth-order valence-electron chi connectivity index (χ4n) is 1.42. The number of fused-ring (bicyclic) bond motifs is 1. The molecule has 0 spiro atoms. The minimum atomic E-state index is -0.440. The van der Waals surface area contributed by atoms with Crippen LogP contribution >= 0.6 is 0 Å². The first-order valence-corrected chi connectivity index (χ1v) is 5.30. The summed E-state index contributed by atoms with van der Waals surface area (Å²) < 4.78 is 6.60. The maximum atomic E-state index is 11.4. The molecule has 0 fully saturated rings. The molecule has 0 aliphatic rings. The Morgan fingerprint density at radius 3 is 3.06 bits per heavy atom. The first-order chi connectivity index (χ1) is 8.59. The van der Waals surface area contributed by atoms with Gasteiger partial charge in [0, 0.05) is 5.57 Å². The van der Waals surface area contributed by atoms with E-state index < -0.39 is 5.97 Å². The Morgan fingerprint density at radius 1 is 1.56 bits per heavy atom. The van der Waals surface area contributed by atoms with Crippen LogP contribution in [0.4, 0.5) is 0 Å². The third-order valence-electron chi connectivity index (χ3n) is 2.32. The van der Waals surface area contributed by atoms with Gasteiger partial charge < -0.3 is 14.3 Å². The van der Waals surface area contributed by atoms with E-state index in [9.17, 15) is 9.59 Å². The van der Waals surface area contributed by atoms with Crippen LogP contribution in [0.5, 0.6) is 0 Å². The molecule has 94 valence electrons. The molecule has 0 saturated carbocycles. The van der Waals surface area contributed by atoms with Gasteiger partial charge in [-0.1, -0.05) is 6.58 Å². The fraction of sp³-hybridized carbons (Fsp3) is 0.273. The third kappa shape index (κ3) is 2.29. The smallest absolute Gasteiger partial charge is 0.333 e. The Kier molecular flexibility index (Phi) is 3.22. The van der Waals surface area contributed by atoms with Gasteiger partial charge >= 0.3 is 5.97 Å². The predicted octanol–water partition coefficient (Wildman–Crippen LogP) is 0.239. The van der Waals surface area contributed by atoms with Crippen LogP contribution in [-0.4, -0.2) is 32.1 Å². The second-order valence-electron chi connectivity index (χ2n) is 3.76. The first-order valence-electron chi connectivity index (χ1n) is 5.30. The second-order valence-corrected chi connectivity index (χ2v) is 3.76. The van der Waals surface area contributed by atoms with Crippen molar-refractivity contribution in [2.75, 3.05) is 6.61 Å². The zero-order chi connectivity index (χ0) is 13.1. The van der Waals surface area contributed by atoms with Gasteiger partial charge in [0.2, 0.25) is 0 Å². The molecule has 0 aromatic carbocycles. The van der Waals surface area contributed by atoms with E-state index in [0.29, 0.717) is 17.8 Å². The zero-order valence-corrected chi connectivity index (χ0v) is 9.84. The van der Waals surface area contributed by atoms with Crippen LogP contribution in [-0.2, 0) is 16.1 Å². The number of nitrogens with zero attached hydrogens (tertiary/aromatic N) is 3. The van der Waals surface area contributed by atoms with Gasteiger partial charge in [-0.05, 0) is 6.92 Å². The maximum Gasteiger partial charge on any atom is 0.333 e. The van der Waals surface area contributed by atoms with Crippen molar-refractivity contribution >= 4 is 17.1 Å². The van der Waals surface area contributed by atoms with Gasteiger partial charge in [-0.2, -0.15) is 0 Å². The van der Waals surface area contributed by atoms with Crippen molar-refractivity contribution in [1.29, 1.82) is 0 Å². The van der Waals surface area contributed by atoms with E-state index in [1.54, 1.807) is 11.5 Å². The average molecular weight is 248 g/mol. The van der Waals surface area contributed by atoms with Gasteiger partial charge in [-0.15, -0.1) is 0 Å². The van der Waals surface area contributed by atoms with Gasteiger partial charge in [0.25, 0.3) is 5.56 Å². The minimum absolute atomic E-state index is 0.172. The molecule has 2 aromatic rings. The van der Waals surface area contributed by atoms with E-state index in [4.69, 9.17) is 4.74 Å². The van der Waals surface area contributed by atoms with Crippen LogP contribution in [0, 0.1) is 0 Å². The van der Waals surface area contributed by atoms with E-state index in [-0.39, 0.29) is 17.7 Å². The molecule has 0 radical (unpaired) electrons. The standard InChI is InChI=1S/C11H12N4O3/c1-7(2)11(17)18-4-3-15-6-14-8-9(15)12-5-13-10(8)16/h5-6H,1,3-4H2,2H3,(H,12,13,16). The summed E-state index contributed by atoms with van der Waals surface area (Å²) in [6, 6.07) is 0. The van der Waals surface area contributed by atoms with Crippen LogP contribution in [0.2, 0.25) is 0 Å². The van der Waals surface area contributed by atoms with E-state index >= 15 is 0 Å². The molecule has 0 bridgehead atoms. The summed E-state index contributed by atoms with van der Waals surface area (Å²) in [5.74, 6) is -0.440. The highest BCUT2D eigenvalue weighted by Gasteiger charge is 2.08. The molecule has 0 aliphatic carbocycles. The Morgan fingerprint density at radius 2 is 2.33 bits per heavy atom. The lowest BCUT2D eigenvalue weighted by molar-refractivity contribution is -0.139. The van der Waals surface area contributed by atoms with Crippen LogP contribution in [0.1, 0.15) is 6.92 Å². The first kappa shape index (κ1) is 12.0. The van der Waals surface area contributed by atoms with Crippen LogP contribution in [0.25, 0.3) is 11.2 Å². The molecule has 1 N–H and O–H groups in total. The number of H-pyrrole nitrogens is 1. The van der Waals surface area contributed by atoms with Gasteiger partial charge in [-0.25, -0.2) is 14.8 Å².